The fourth-order valence-electron chi connectivity index (χ4n) is 3.59. The van der Waals surface area contributed by atoms with Gasteiger partial charge >= 0.3 is 0 Å². The molecule has 0 spiro atoms. The third-order valence-corrected chi connectivity index (χ3v) is 5.12. The molecule has 1 unspecified atom stereocenters. The van der Waals surface area contributed by atoms with Crippen LogP contribution in [-0.4, -0.2) is 57.8 Å². The van der Waals surface area contributed by atoms with Gasteiger partial charge in [0.1, 0.15) is 17.9 Å². The number of methoxy groups -OCH3 is 1. The number of rotatable bonds is 4. The fraction of sp³-hybridized carbons (Fsp3) is 0.421. The van der Waals surface area contributed by atoms with Gasteiger partial charge in [0.25, 0.3) is 5.78 Å². The molecule has 7 heteroatoms. The van der Waals surface area contributed by atoms with Crippen LogP contribution in [0.3, 0.4) is 0 Å². The Kier molecular flexibility index (Phi) is 4.46. The molecule has 1 aromatic carbocycles. The van der Waals surface area contributed by atoms with E-state index in [4.69, 9.17) is 4.74 Å². The average Bonchev–Trinajstić information content (AvgIpc) is 3.15. The van der Waals surface area contributed by atoms with Crippen LogP contribution in [0.4, 0.5) is 5.82 Å². The highest BCUT2D eigenvalue weighted by Gasteiger charge is 2.24. The van der Waals surface area contributed by atoms with Crippen molar-refractivity contribution in [1.29, 1.82) is 0 Å². The number of aryl methyl sites for hydroxylation is 1. The third-order valence-electron chi connectivity index (χ3n) is 5.12. The lowest BCUT2D eigenvalue weighted by molar-refractivity contribution is 0.197. The molecule has 0 amide bonds. The predicted octanol–water partition coefficient (Wildman–Crippen LogP) is 2.32. The van der Waals surface area contributed by atoms with Crippen LogP contribution in [0.5, 0.6) is 5.75 Å². The molecule has 2 aromatic heterocycles. The smallest absolute Gasteiger partial charge is 0.254 e. The van der Waals surface area contributed by atoms with Gasteiger partial charge in [-0.05, 0) is 31.5 Å². The SMILES string of the molecule is COc1cccc(C(C)N2CCN(c3cc(C)nc4ncnn34)CC2)c1. The van der Waals surface area contributed by atoms with Crippen molar-refractivity contribution in [2.24, 2.45) is 0 Å². The number of ether oxygens (including phenoxy) is 1. The number of piperazine rings is 1. The van der Waals surface area contributed by atoms with Crippen LogP contribution in [-0.2, 0) is 0 Å². The highest BCUT2D eigenvalue weighted by Crippen LogP contribution is 2.26. The molecule has 0 saturated carbocycles. The molecule has 0 N–H and O–H groups in total. The summed E-state index contributed by atoms with van der Waals surface area (Å²) in [6.45, 7) is 8.15. The van der Waals surface area contributed by atoms with E-state index in [2.05, 4.69) is 56.1 Å². The summed E-state index contributed by atoms with van der Waals surface area (Å²) in [6, 6.07) is 10.8. The van der Waals surface area contributed by atoms with Crippen LogP contribution in [0.15, 0.2) is 36.7 Å². The van der Waals surface area contributed by atoms with Crippen molar-refractivity contribution >= 4 is 11.6 Å². The zero-order chi connectivity index (χ0) is 18.1. The predicted molar refractivity (Wildman–Crippen MR) is 101 cm³/mol. The molecule has 1 atom stereocenters. The minimum absolute atomic E-state index is 0.359. The van der Waals surface area contributed by atoms with Gasteiger partial charge < -0.3 is 9.64 Å². The molecule has 7 nitrogen and oxygen atoms in total. The zero-order valence-corrected chi connectivity index (χ0v) is 15.5. The summed E-state index contributed by atoms with van der Waals surface area (Å²) >= 11 is 0. The summed E-state index contributed by atoms with van der Waals surface area (Å²) < 4.78 is 7.19. The first-order chi connectivity index (χ1) is 12.7. The van der Waals surface area contributed by atoms with Crippen molar-refractivity contribution in [3.63, 3.8) is 0 Å². The van der Waals surface area contributed by atoms with Crippen LogP contribution in [0.25, 0.3) is 5.78 Å². The molecule has 1 saturated heterocycles. The highest BCUT2D eigenvalue weighted by molar-refractivity contribution is 5.47. The lowest BCUT2D eigenvalue weighted by Crippen LogP contribution is -2.47. The molecule has 3 aromatic rings. The standard InChI is InChI=1S/C19H24N6O/c1-14-11-18(25-19(22-14)20-13-21-25)24-9-7-23(8-10-24)15(2)16-5-4-6-17(12-16)26-3/h4-6,11-13,15H,7-10H2,1-3H3. The van der Waals surface area contributed by atoms with Crippen molar-refractivity contribution in [1.82, 2.24) is 24.5 Å². The van der Waals surface area contributed by atoms with Gasteiger partial charge in [-0.2, -0.15) is 14.6 Å². The number of hydrogen-bond donors (Lipinski definition) is 0. The van der Waals surface area contributed by atoms with Gasteiger partial charge in [-0.1, -0.05) is 12.1 Å². The van der Waals surface area contributed by atoms with E-state index in [1.807, 2.05) is 17.5 Å². The number of benzene rings is 1. The van der Waals surface area contributed by atoms with Gasteiger partial charge in [-0.3, -0.25) is 4.90 Å². The Morgan fingerprint density at radius 1 is 1.12 bits per heavy atom. The zero-order valence-electron chi connectivity index (χ0n) is 15.5. The van der Waals surface area contributed by atoms with Gasteiger partial charge in [0.15, 0.2) is 0 Å². The highest BCUT2D eigenvalue weighted by atomic mass is 16.5. The van der Waals surface area contributed by atoms with Crippen LogP contribution in [0.2, 0.25) is 0 Å². The lowest BCUT2D eigenvalue weighted by atomic mass is 10.1. The summed E-state index contributed by atoms with van der Waals surface area (Å²) in [5.74, 6) is 2.64. The number of nitrogens with zero attached hydrogens (tertiary/aromatic N) is 6. The number of anilines is 1. The summed E-state index contributed by atoms with van der Waals surface area (Å²) in [4.78, 5) is 13.5. The topological polar surface area (TPSA) is 58.8 Å². The minimum atomic E-state index is 0.359. The van der Waals surface area contributed by atoms with E-state index in [9.17, 15) is 0 Å². The summed E-state index contributed by atoms with van der Waals surface area (Å²) in [7, 11) is 1.71. The Morgan fingerprint density at radius 3 is 2.69 bits per heavy atom. The normalized spacial score (nSPS) is 16.8. The van der Waals surface area contributed by atoms with Crippen molar-refractivity contribution in [3.8, 4) is 5.75 Å². The molecule has 3 heterocycles. The van der Waals surface area contributed by atoms with Gasteiger partial charge in [-0.15, -0.1) is 0 Å². The van der Waals surface area contributed by atoms with Crippen LogP contribution >= 0.6 is 0 Å². The molecule has 0 radical (unpaired) electrons. The van der Waals surface area contributed by atoms with E-state index in [1.165, 1.54) is 5.56 Å². The molecule has 136 valence electrons. The van der Waals surface area contributed by atoms with Crippen molar-refractivity contribution < 1.29 is 4.74 Å². The Balaban J connectivity index is 1.49. The summed E-state index contributed by atoms with van der Waals surface area (Å²) in [5.41, 5.74) is 2.25. The molecule has 4 rings (SSSR count). The first-order valence-electron chi connectivity index (χ1n) is 8.96. The van der Waals surface area contributed by atoms with E-state index < -0.39 is 0 Å². The number of fused-ring (bicyclic) bond motifs is 1. The van der Waals surface area contributed by atoms with Crippen LogP contribution < -0.4 is 9.64 Å². The molecule has 26 heavy (non-hydrogen) atoms. The molecule has 0 bridgehead atoms. The fourth-order valence-corrected chi connectivity index (χ4v) is 3.59. The quantitative estimate of drug-likeness (QED) is 0.718. The molecular formula is C19H24N6O. The maximum absolute atomic E-state index is 5.36. The van der Waals surface area contributed by atoms with Crippen LogP contribution in [0.1, 0.15) is 24.2 Å². The maximum atomic E-state index is 5.36. The van der Waals surface area contributed by atoms with Crippen molar-refractivity contribution in [3.05, 3.63) is 47.9 Å². The van der Waals surface area contributed by atoms with Crippen molar-refractivity contribution in [2.45, 2.75) is 19.9 Å². The van der Waals surface area contributed by atoms with Gasteiger partial charge in [-0.25, -0.2) is 4.98 Å². The molecule has 1 fully saturated rings. The number of hydrogen-bond acceptors (Lipinski definition) is 6. The maximum Gasteiger partial charge on any atom is 0.254 e. The lowest BCUT2D eigenvalue weighted by Gasteiger charge is -2.39. The summed E-state index contributed by atoms with van der Waals surface area (Å²) in [6.07, 6.45) is 1.56. The van der Waals surface area contributed by atoms with E-state index in [0.717, 1.165) is 43.4 Å². The second-order valence-corrected chi connectivity index (χ2v) is 6.70. The third kappa shape index (κ3) is 3.10. The first kappa shape index (κ1) is 16.8. The Morgan fingerprint density at radius 2 is 1.92 bits per heavy atom. The molecular weight excluding hydrogens is 328 g/mol. The second-order valence-electron chi connectivity index (χ2n) is 6.70. The van der Waals surface area contributed by atoms with Crippen molar-refractivity contribution in [2.75, 3.05) is 38.2 Å². The Hall–Kier alpha value is -2.67. The van der Waals surface area contributed by atoms with E-state index >= 15 is 0 Å². The molecule has 1 aliphatic heterocycles. The van der Waals surface area contributed by atoms with Crippen LogP contribution in [0, 0.1) is 6.92 Å². The largest absolute Gasteiger partial charge is 0.497 e. The second kappa shape index (κ2) is 6.92. The Bertz CT molecular complexity index is 900. The molecule has 0 aliphatic carbocycles. The first-order valence-corrected chi connectivity index (χ1v) is 8.96. The van der Waals surface area contributed by atoms with Gasteiger partial charge in [0.05, 0.1) is 7.11 Å². The monoisotopic (exact) mass is 352 g/mol. The van der Waals surface area contributed by atoms with E-state index in [1.54, 1.807) is 13.4 Å². The number of aromatic nitrogens is 4. The Labute approximate surface area is 153 Å². The summed E-state index contributed by atoms with van der Waals surface area (Å²) in [5, 5.41) is 4.33. The van der Waals surface area contributed by atoms with Gasteiger partial charge in [0.2, 0.25) is 0 Å². The van der Waals surface area contributed by atoms with E-state index in [-0.39, 0.29) is 0 Å². The average molecular weight is 352 g/mol. The van der Waals surface area contributed by atoms with Gasteiger partial charge in [0, 0.05) is 44.0 Å². The van der Waals surface area contributed by atoms with E-state index in [0.29, 0.717) is 11.8 Å². The molecule has 1 aliphatic rings. The minimum Gasteiger partial charge on any atom is -0.497 e.